The van der Waals surface area contributed by atoms with Crippen LogP contribution in [0.5, 0.6) is 0 Å². The van der Waals surface area contributed by atoms with Crippen molar-refractivity contribution in [1.82, 2.24) is 4.90 Å². The molecule has 0 heterocycles. The molecule has 2 heteroatoms. The van der Waals surface area contributed by atoms with Crippen molar-refractivity contribution in [2.45, 2.75) is 65.3 Å². The Bertz CT molecular complexity index is 227. The minimum absolute atomic E-state index is 0.292. The molecular formula is C16H34N2. The van der Waals surface area contributed by atoms with Crippen molar-refractivity contribution in [3.05, 3.63) is 0 Å². The van der Waals surface area contributed by atoms with E-state index in [1.54, 1.807) is 0 Å². The van der Waals surface area contributed by atoms with Crippen LogP contribution in [0, 0.1) is 17.8 Å². The highest BCUT2D eigenvalue weighted by molar-refractivity contribution is 4.95. The van der Waals surface area contributed by atoms with Gasteiger partial charge >= 0.3 is 0 Å². The summed E-state index contributed by atoms with van der Waals surface area (Å²) in [5.74, 6) is 2.54. The lowest BCUT2D eigenvalue weighted by Gasteiger charge is -2.47. The van der Waals surface area contributed by atoms with Gasteiger partial charge in [0.15, 0.2) is 0 Å². The Hall–Kier alpha value is -0.0800. The van der Waals surface area contributed by atoms with E-state index < -0.39 is 0 Å². The summed E-state index contributed by atoms with van der Waals surface area (Å²) in [5, 5.41) is 0. The van der Waals surface area contributed by atoms with E-state index in [4.69, 9.17) is 5.73 Å². The standard InChI is InChI=1S/C16H34N2/c1-13(2)8-11-18(5)16(12-17)9-6-15(7-10-16)14(3)4/h13-15H,6-12,17H2,1-5H3. The number of nitrogens with two attached hydrogens (primary N) is 1. The van der Waals surface area contributed by atoms with E-state index in [9.17, 15) is 0 Å². The Kier molecular flexibility index (Phi) is 6.13. The van der Waals surface area contributed by atoms with Crippen LogP contribution in [0.3, 0.4) is 0 Å². The maximum atomic E-state index is 6.13. The van der Waals surface area contributed by atoms with Crippen molar-refractivity contribution in [2.24, 2.45) is 23.5 Å². The third-order valence-corrected chi connectivity index (χ3v) is 5.14. The van der Waals surface area contributed by atoms with Gasteiger partial charge in [-0.05, 0) is 63.5 Å². The van der Waals surface area contributed by atoms with Crippen LogP contribution in [-0.2, 0) is 0 Å². The minimum atomic E-state index is 0.292. The van der Waals surface area contributed by atoms with Crippen LogP contribution in [0.4, 0.5) is 0 Å². The lowest BCUT2D eigenvalue weighted by Crippen LogP contribution is -2.54. The molecule has 0 aromatic heterocycles. The highest BCUT2D eigenvalue weighted by Gasteiger charge is 2.37. The quantitative estimate of drug-likeness (QED) is 0.786. The zero-order valence-electron chi connectivity index (χ0n) is 13.2. The molecule has 0 saturated heterocycles. The van der Waals surface area contributed by atoms with Gasteiger partial charge in [0.2, 0.25) is 0 Å². The first-order valence-corrected chi connectivity index (χ1v) is 7.82. The van der Waals surface area contributed by atoms with Crippen molar-refractivity contribution in [2.75, 3.05) is 20.1 Å². The molecule has 1 fully saturated rings. The third-order valence-electron chi connectivity index (χ3n) is 5.14. The van der Waals surface area contributed by atoms with Crippen LogP contribution in [-0.4, -0.2) is 30.6 Å². The van der Waals surface area contributed by atoms with Gasteiger partial charge in [-0.25, -0.2) is 0 Å². The Labute approximate surface area is 114 Å². The molecule has 0 spiro atoms. The molecule has 1 saturated carbocycles. The zero-order chi connectivity index (χ0) is 13.8. The molecule has 1 aliphatic carbocycles. The lowest BCUT2D eigenvalue weighted by molar-refractivity contribution is 0.0523. The van der Waals surface area contributed by atoms with Crippen LogP contribution in [0.15, 0.2) is 0 Å². The molecule has 0 bridgehead atoms. The summed E-state index contributed by atoms with van der Waals surface area (Å²) in [7, 11) is 2.28. The second kappa shape index (κ2) is 6.91. The maximum absolute atomic E-state index is 6.13. The van der Waals surface area contributed by atoms with E-state index in [1.807, 2.05) is 0 Å². The number of nitrogens with zero attached hydrogens (tertiary/aromatic N) is 1. The van der Waals surface area contributed by atoms with Crippen molar-refractivity contribution in [3.8, 4) is 0 Å². The Morgan fingerprint density at radius 3 is 2.11 bits per heavy atom. The van der Waals surface area contributed by atoms with Gasteiger partial charge in [-0.3, -0.25) is 4.90 Å². The van der Waals surface area contributed by atoms with Crippen molar-refractivity contribution >= 4 is 0 Å². The molecular weight excluding hydrogens is 220 g/mol. The van der Waals surface area contributed by atoms with Crippen molar-refractivity contribution < 1.29 is 0 Å². The second-order valence-corrected chi connectivity index (χ2v) is 7.11. The molecule has 0 aromatic rings. The summed E-state index contributed by atoms with van der Waals surface area (Å²) in [5.41, 5.74) is 6.42. The molecule has 108 valence electrons. The fourth-order valence-electron chi connectivity index (χ4n) is 3.27. The molecule has 0 radical (unpaired) electrons. The van der Waals surface area contributed by atoms with E-state index in [2.05, 4.69) is 39.6 Å². The second-order valence-electron chi connectivity index (χ2n) is 7.11. The fourth-order valence-corrected chi connectivity index (χ4v) is 3.27. The van der Waals surface area contributed by atoms with E-state index in [-0.39, 0.29) is 0 Å². The Morgan fingerprint density at radius 1 is 1.17 bits per heavy atom. The van der Waals surface area contributed by atoms with Gasteiger partial charge in [-0.2, -0.15) is 0 Å². The van der Waals surface area contributed by atoms with Crippen LogP contribution in [0.25, 0.3) is 0 Å². The van der Waals surface area contributed by atoms with Gasteiger partial charge in [0, 0.05) is 12.1 Å². The van der Waals surface area contributed by atoms with Crippen LogP contribution in [0.2, 0.25) is 0 Å². The maximum Gasteiger partial charge on any atom is 0.0328 e. The molecule has 0 aliphatic heterocycles. The summed E-state index contributed by atoms with van der Waals surface area (Å²) in [6.07, 6.45) is 6.59. The molecule has 0 amide bonds. The lowest BCUT2D eigenvalue weighted by atomic mass is 9.72. The number of hydrogen-bond donors (Lipinski definition) is 1. The molecule has 2 nitrogen and oxygen atoms in total. The summed E-state index contributed by atoms with van der Waals surface area (Å²) < 4.78 is 0. The van der Waals surface area contributed by atoms with Gasteiger partial charge in [-0.1, -0.05) is 27.7 Å². The first-order chi connectivity index (χ1) is 8.41. The van der Waals surface area contributed by atoms with Gasteiger partial charge in [0.05, 0.1) is 0 Å². The Balaban J connectivity index is 2.54. The van der Waals surface area contributed by atoms with Gasteiger partial charge in [0.1, 0.15) is 0 Å². The molecule has 2 N–H and O–H groups in total. The normalized spacial score (nSPS) is 29.5. The van der Waals surface area contributed by atoms with Crippen molar-refractivity contribution in [1.29, 1.82) is 0 Å². The largest absolute Gasteiger partial charge is 0.329 e. The molecule has 18 heavy (non-hydrogen) atoms. The average molecular weight is 254 g/mol. The van der Waals surface area contributed by atoms with Gasteiger partial charge < -0.3 is 5.73 Å². The topological polar surface area (TPSA) is 29.3 Å². The number of likely N-dealkylation sites (N-methyl/N-ethyl adjacent to an activating group) is 1. The van der Waals surface area contributed by atoms with Gasteiger partial charge in [0.25, 0.3) is 0 Å². The minimum Gasteiger partial charge on any atom is -0.329 e. The summed E-state index contributed by atoms with van der Waals surface area (Å²) in [6, 6.07) is 0. The SMILES string of the molecule is CC(C)CCN(C)C1(CN)CCC(C(C)C)CC1. The van der Waals surface area contributed by atoms with Crippen LogP contribution in [0.1, 0.15) is 59.8 Å². The highest BCUT2D eigenvalue weighted by Crippen LogP contribution is 2.38. The summed E-state index contributed by atoms with van der Waals surface area (Å²) >= 11 is 0. The predicted molar refractivity (Wildman–Crippen MR) is 80.7 cm³/mol. The number of rotatable bonds is 6. The van der Waals surface area contributed by atoms with E-state index >= 15 is 0 Å². The number of hydrogen-bond acceptors (Lipinski definition) is 2. The van der Waals surface area contributed by atoms with E-state index in [0.717, 1.165) is 24.3 Å². The molecule has 0 atom stereocenters. The highest BCUT2D eigenvalue weighted by atomic mass is 15.2. The first kappa shape index (κ1) is 16.0. The van der Waals surface area contributed by atoms with E-state index in [0.29, 0.717) is 5.54 Å². The van der Waals surface area contributed by atoms with Crippen molar-refractivity contribution in [3.63, 3.8) is 0 Å². The summed E-state index contributed by atoms with van der Waals surface area (Å²) in [6.45, 7) is 11.4. The average Bonchev–Trinajstić information content (AvgIpc) is 2.35. The van der Waals surface area contributed by atoms with Crippen LogP contribution >= 0.6 is 0 Å². The third kappa shape index (κ3) is 3.96. The van der Waals surface area contributed by atoms with E-state index in [1.165, 1.54) is 38.6 Å². The zero-order valence-corrected chi connectivity index (χ0v) is 13.2. The molecule has 0 aromatic carbocycles. The predicted octanol–water partition coefficient (Wildman–Crippen LogP) is 3.51. The smallest absolute Gasteiger partial charge is 0.0328 e. The fraction of sp³-hybridized carbons (Fsp3) is 1.00. The molecule has 1 rings (SSSR count). The van der Waals surface area contributed by atoms with Crippen LogP contribution < -0.4 is 5.73 Å². The molecule has 1 aliphatic rings. The van der Waals surface area contributed by atoms with Gasteiger partial charge in [-0.15, -0.1) is 0 Å². The molecule has 0 unspecified atom stereocenters. The summed E-state index contributed by atoms with van der Waals surface area (Å²) in [4.78, 5) is 2.56. The first-order valence-electron chi connectivity index (χ1n) is 7.82. The Morgan fingerprint density at radius 2 is 1.72 bits per heavy atom. The monoisotopic (exact) mass is 254 g/mol.